The highest BCUT2D eigenvalue weighted by Gasteiger charge is 2.01. The Labute approximate surface area is 91.1 Å². The number of nitrogen functional groups attached to an aromatic ring is 1. The van der Waals surface area contributed by atoms with Gasteiger partial charge in [-0.15, -0.1) is 0 Å². The number of nitrogens with zero attached hydrogens (tertiary/aromatic N) is 2. The molecule has 15 heavy (non-hydrogen) atoms. The third-order valence-corrected chi connectivity index (χ3v) is 2.02. The minimum atomic E-state index is 0.550. The first-order valence-corrected chi connectivity index (χ1v) is 5.10. The molecule has 84 valence electrons. The molecule has 0 saturated carbocycles. The molecule has 0 spiro atoms. The lowest BCUT2D eigenvalue weighted by atomic mass is 10.3. The predicted octanol–water partition coefficient (Wildman–Crippen LogP) is 1.30. The highest BCUT2D eigenvalue weighted by molar-refractivity contribution is 5.48. The number of rotatable bonds is 5. The van der Waals surface area contributed by atoms with Crippen molar-refractivity contribution >= 4 is 5.69 Å². The number of nitrogens with two attached hydrogens (primary N) is 1. The van der Waals surface area contributed by atoms with Crippen LogP contribution in [0, 0.1) is 6.92 Å². The van der Waals surface area contributed by atoms with E-state index in [1.54, 1.807) is 0 Å². The summed E-state index contributed by atoms with van der Waals surface area (Å²) < 4.78 is 5.51. The van der Waals surface area contributed by atoms with Crippen LogP contribution in [-0.2, 0) is 0 Å². The second kappa shape index (κ2) is 5.56. The lowest BCUT2D eigenvalue weighted by molar-refractivity contribution is 0.274. The summed E-state index contributed by atoms with van der Waals surface area (Å²) in [6, 6.07) is 3.70. The van der Waals surface area contributed by atoms with Crippen molar-refractivity contribution in [1.82, 2.24) is 9.88 Å². The molecule has 0 bridgehead atoms. The van der Waals surface area contributed by atoms with Gasteiger partial charge in [-0.2, -0.15) is 0 Å². The van der Waals surface area contributed by atoms with E-state index < -0.39 is 0 Å². The van der Waals surface area contributed by atoms with Gasteiger partial charge in [-0.1, -0.05) is 0 Å². The molecule has 0 saturated heterocycles. The Hall–Kier alpha value is -1.29. The van der Waals surface area contributed by atoms with Crippen LogP contribution < -0.4 is 10.5 Å². The molecule has 4 nitrogen and oxygen atoms in total. The maximum atomic E-state index is 5.73. The third kappa shape index (κ3) is 4.16. The summed E-state index contributed by atoms with van der Waals surface area (Å²) in [7, 11) is 4.08. The molecule has 4 heteroatoms. The molecule has 0 aliphatic rings. The van der Waals surface area contributed by atoms with Gasteiger partial charge in [0.1, 0.15) is 0 Å². The zero-order valence-corrected chi connectivity index (χ0v) is 9.66. The minimum absolute atomic E-state index is 0.550. The van der Waals surface area contributed by atoms with E-state index in [0.717, 1.165) is 18.7 Å². The van der Waals surface area contributed by atoms with Crippen LogP contribution in [0.5, 0.6) is 5.88 Å². The topological polar surface area (TPSA) is 51.4 Å². The van der Waals surface area contributed by atoms with Crippen LogP contribution in [0.2, 0.25) is 0 Å². The average molecular weight is 209 g/mol. The molecule has 1 aromatic heterocycles. The third-order valence-electron chi connectivity index (χ3n) is 2.02. The molecule has 0 radical (unpaired) electrons. The van der Waals surface area contributed by atoms with Crippen LogP contribution in [0.4, 0.5) is 5.69 Å². The number of aryl methyl sites for hydroxylation is 1. The van der Waals surface area contributed by atoms with E-state index in [-0.39, 0.29) is 0 Å². The number of pyridine rings is 1. The molecule has 1 aromatic rings. The summed E-state index contributed by atoms with van der Waals surface area (Å²) in [5.41, 5.74) is 7.26. The van der Waals surface area contributed by atoms with Gasteiger partial charge in [0.2, 0.25) is 5.88 Å². The van der Waals surface area contributed by atoms with Crippen LogP contribution in [0.15, 0.2) is 12.1 Å². The summed E-state index contributed by atoms with van der Waals surface area (Å²) in [4.78, 5) is 6.35. The average Bonchev–Trinajstić information content (AvgIpc) is 2.17. The highest BCUT2D eigenvalue weighted by Crippen LogP contribution is 2.17. The Kier molecular flexibility index (Phi) is 4.37. The first kappa shape index (κ1) is 11.8. The van der Waals surface area contributed by atoms with Crippen molar-refractivity contribution in [1.29, 1.82) is 0 Å². The van der Waals surface area contributed by atoms with Crippen LogP contribution in [0.3, 0.4) is 0 Å². The molecule has 2 N–H and O–H groups in total. The van der Waals surface area contributed by atoms with E-state index in [1.165, 1.54) is 0 Å². The Balaban J connectivity index is 2.40. The molecule has 0 atom stereocenters. The summed E-state index contributed by atoms with van der Waals surface area (Å²) in [5.74, 6) is 0.550. The number of hydrogen-bond acceptors (Lipinski definition) is 4. The van der Waals surface area contributed by atoms with Gasteiger partial charge in [-0.05, 0) is 39.6 Å². The zero-order chi connectivity index (χ0) is 11.3. The highest BCUT2D eigenvalue weighted by atomic mass is 16.5. The van der Waals surface area contributed by atoms with E-state index in [0.29, 0.717) is 18.2 Å². The predicted molar refractivity (Wildman–Crippen MR) is 62.1 cm³/mol. The van der Waals surface area contributed by atoms with Gasteiger partial charge in [0, 0.05) is 12.2 Å². The molecule has 0 fully saturated rings. The smallest absolute Gasteiger partial charge is 0.237 e. The zero-order valence-electron chi connectivity index (χ0n) is 9.66. The van der Waals surface area contributed by atoms with Crippen LogP contribution >= 0.6 is 0 Å². The molecule has 0 aliphatic heterocycles. The second-order valence-corrected chi connectivity index (χ2v) is 3.85. The van der Waals surface area contributed by atoms with Crippen LogP contribution in [0.1, 0.15) is 12.1 Å². The normalized spacial score (nSPS) is 10.7. The number of hydrogen-bond donors (Lipinski definition) is 1. The molecular formula is C11H19N3O. The van der Waals surface area contributed by atoms with Crippen molar-refractivity contribution in [3.8, 4) is 5.88 Å². The molecule has 1 heterocycles. The lowest BCUT2D eigenvalue weighted by Crippen LogP contribution is -2.16. The van der Waals surface area contributed by atoms with Crippen molar-refractivity contribution in [2.75, 3.05) is 33.0 Å². The Morgan fingerprint density at radius 1 is 1.40 bits per heavy atom. The summed E-state index contributed by atoms with van der Waals surface area (Å²) >= 11 is 0. The summed E-state index contributed by atoms with van der Waals surface area (Å²) in [6.07, 6.45) is 0.974. The Morgan fingerprint density at radius 3 is 2.80 bits per heavy atom. The Bertz CT molecular complexity index is 313. The molecule has 0 aliphatic carbocycles. The van der Waals surface area contributed by atoms with Crippen molar-refractivity contribution in [2.45, 2.75) is 13.3 Å². The fourth-order valence-electron chi connectivity index (χ4n) is 1.21. The number of ether oxygens (including phenoxy) is 1. The van der Waals surface area contributed by atoms with E-state index in [1.807, 2.05) is 33.2 Å². The largest absolute Gasteiger partial charge is 0.476 e. The van der Waals surface area contributed by atoms with E-state index in [4.69, 9.17) is 10.5 Å². The van der Waals surface area contributed by atoms with Gasteiger partial charge >= 0.3 is 0 Å². The first-order valence-electron chi connectivity index (χ1n) is 5.10. The quantitative estimate of drug-likeness (QED) is 0.743. The summed E-state index contributed by atoms with van der Waals surface area (Å²) in [5, 5.41) is 0. The van der Waals surface area contributed by atoms with E-state index >= 15 is 0 Å². The monoisotopic (exact) mass is 209 g/mol. The van der Waals surface area contributed by atoms with Crippen molar-refractivity contribution in [2.24, 2.45) is 0 Å². The molecule has 0 amide bonds. The van der Waals surface area contributed by atoms with Crippen molar-refractivity contribution in [3.05, 3.63) is 17.8 Å². The fraction of sp³-hybridized carbons (Fsp3) is 0.545. The number of aromatic nitrogens is 1. The van der Waals surface area contributed by atoms with Gasteiger partial charge in [0.25, 0.3) is 0 Å². The van der Waals surface area contributed by atoms with Crippen molar-refractivity contribution < 1.29 is 4.74 Å². The van der Waals surface area contributed by atoms with E-state index in [2.05, 4.69) is 9.88 Å². The van der Waals surface area contributed by atoms with Gasteiger partial charge in [0.05, 0.1) is 12.3 Å². The maximum Gasteiger partial charge on any atom is 0.237 e. The van der Waals surface area contributed by atoms with Gasteiger partial charge < -0.3 is 15.4 Å². The van der Waals surface area contributed by atoms with E-state index in [9.17, 15) is 0 Å². The minimum Gasteiger partial charge on any atom is -0.476 e. The molecule has 0 unspecified atom stereocenters. The van der Waals surface area contributed by atoms with Crippen LogP contribution in [0.25, 0.3) is 0 Å². The Morgan fingerprint density at radius 2 is 2.13 bits per heavy atom. The maximum absolute atomic E-state index is 5.73. The number of anilines is 1. The standard InChI is InChI=1S/C11H19N3O/c1-9-5-6-10(12)11(13-9)15-8-4-7-14(2)3/h5-6H,4,7-8,12H2,1-3H3. The molecular weight excluding hydrogens is 190 g/mol. The lowest BCUT2D eigenvalue weighted by Gasteiger charge is -2.11. The first-order chi connectivity index (χ1) is 7.09. The van der Waals surface area contributed by atoms with Gasteiger partial charge in [-0.3, -0.25) is 0 Å². The van der Waals surface area contributed by atoms with Gasteiger partial charge in [-0.25, -0.2) is 4.98 Å². The molecule has 1 rings (SSSR count). The SMILES string of the molecule is Cc1ccc(N)c(OCCCN(C)C)n1. The second-order valence-electron chi connectivity index (χ2n) is 3.85. The van der Waals surface area contributed by atoms with Crippen LogP contribution in [-0.4, -0.2) is 37.1 Å². The summed E-state index contributed by atoms with van der Waals surface area (Å²) in [6.45, 7) is 3.58. The fourth-order valence-corrected chi connectivity index (χ4v) is 1.21. The molecule has 0 aromatic carbocycles. The van der Waals surface area contributed by atoms with Gasteiger partial charge in [0.15, 0.2) is 0 Å². The van der Waals surface area contributed by atoms with Crippen molar-refractivity contribution in [3.63, 3.8) is 0 Å².